The zero-order chi connectivity index (χ0) is 20.8. The molecule has 0 aliphatic heterocycles. The van der Waals surface area contributed by atoms with Crippen molar-refractivity contribution in [3.8, 4) is 0 Å². The molecule has 0 saturated heterocycles. The summed E-state index contributed by atoms with van der Waals surface area (Å²) in [5.74, 6) is -0.447. The van der Waals surface area contributed by atoms with Crippen LogP contribution in [0.4, 0.5) is 4.79 Å². The van der Waals surface area contributed by atoms with E-state index in [4.69, 9.17) is 4.74 Å². The van der Waals surface area contributed by atoms with Crippen molar-refractivity contribution in [3.05, 3.63) is 0 Å². The number of hydrogen-bond donors (Lipinski definition) is 3. The van der Waals surface area contributed by atoms with E-state index in [2.05, 4.69) is 16.0 Å². The number of likely N-dealkylation sites (N-methyl/N-ethyl adjacent to an activating group) is 1. The average molecular weight is 390 g/mol. The molecule has 0 unspecified atom stereocenters. The summed E-state index contributed by atoms with van der Waals surface area (Å²) >= 11 is 0. The summed E-state index contributed by atoms with van der Waals surface area (Å²) in [7, 11) is 1.57. The van der Waals surface area contributed by atoms with E-state index in [0.29, 0.717) is 0 Å². The smallest absolute Gasteiger partial charge is 0.408 e. The summed E-state index contributed by atoms with van der Waals surface area (Å²) in [5, 5.41) is 8.22. The third-order valence-corrected chi connectivity index (χ3v) is 4.74. The molecule has 1 rings (SSSR count). The van der Waals surface area contributed by atoms with E-state index in [1.807, 2.05) is 20.8 Å². The molecule has 0 aromatic heterocycles. The van der Waals surface area contributed by atoms with Crippen LogP contribution in [0, 0.1) is 11.3 Å². The van der Waals surface area contributed by atoms with Crippen LogP contribution in [0.3, 0.4) is 0 Å². The zero-order valence-electron chi connectivity index (χ0n) is 17.9. The Bertz CT molecular complexity index is 542. The molecular weight excluding hydrogens is 346 g/mol. The maximum atomic E-state index is 13.0. The molecule has 0 aromatic rings. The highest BCUT2D eigenvalue weighted by atomic mass is 16.6. The SMILES string of the molecule is CNC(=O)[C@@H](NC(=O)[C@@H](NC(=O)OC(C)(C)C)C(C)(C)C)C1CCCCC1.[HH].[HH].[HH]. The summed E-state index contributed by atoms with van der Waals surface area (Å²) < 4.78 is 5.29. The highest BCUT2D eigenvalue weighted by molar-refractivity contribution is 5.91. The molecule has 3 N–H and O–H groups in total. The van der Waals surface area contributed by atoms with Gasteiger partial charge in [0.2, 0.25) is 11.8 Å². The van der Waals surface area contributed by atoms with Gasteiger partial charge in [0, 0.05) is 11.3 Å². The maximum absolute atomic E-state index is 13.0. The molecule has 1 saturated carbocycles. The van der Waals surface area contributed by atoms with Gasteiger partial charge in [-0.05, 0) is 44.9 Å². The molecule has 0 radical (unpaired) electrons. The molecular formula is C20H43N3O4. The first-order chi connectivity index (χ1) is 12.3. The largest absolute Gasteiger partial charge is 0.444 e. The Hall–Kier alpha value is -1.79. The van der Waals surface area contributed by atoms with Crippen LogP contribution in [-0.2, 0) is 14.3 Å². The van der Waals surface area contributed by atoms with E-state index in [1.54, 1.807) is 27.8 Å². The fourth-order valence-corrected chi connectivity index (χ4v) is 3.36. The van der Waals surface area contributed by atoms with Crippen molar-refractivity contribution in [3.63, 3.8) is 0 Å². The van der Waals surface area contributed by atoms with Crippen molar-refractivity contribution in [2.45, 2.75) is 91.3 Å². The van der Waals surface area contributed by atoms with Crippen molar-refractivity contribution in [1.29, 1.82) is 0 Å². The van der Waals surface area contributed by atoms with Crippen LogP contribution in [-0.4, -0.2) is 42.6 Å². The van der Waals surface area contributed by atoms with Crippen LogP contribution >= 0.6 is 0 Å². The number of alkyl carbamates (subject to hydrolysis) is 1. The number of nitrogens with one attached hydrogen (secondary N) is 3. The van der Waals surface area contributed by atoms with Gasteiger partial charge in [0.15, 0.2) is 0 Å². The van der Waals surface area contributed by atoms with Gasteiger partial charge in [-0.2, -0.15) is 0 Å². The van der Waals surface area contributed by atoms with Gasteiger partial charge in [0.05, 0.1) is 0 Å². The van der Waals surface area contributed by atoms with Gasteiger partial charge in [-0.3, -0.25) is 9.59 Å². The quantitative estimate of drug-likeness (QED) is 0.671. The summed E-state index contributed by atoms with van der Waals surface area (Å²) in [4.78, 5) is 37.6. The molecule has 0 aromatic carbocycles. The monoisotopic (exact) mass is 389 g/mol. The number of rotatable bonds is 5. The summed E-state index contributed by atoms with van der Waals surface area (Å²) in [6.07, 6.45) is 4.47. The Morgan fingerprint density at radius 3 is 1.93 bits per heavy atom. The fraction of sp³-hybridized carbons (Fsp3) is 0.850. The van der Waals surface area contributed by atoms with E-state index in [-0.39, 0.29) is 22.0 Å². The van der Waals surface area contributed by atoms with Gasteiger partial charge < -0.3 is 20.7 Å². The van der Waals surface area contributed by atoms with E-state index in [9.17, 15) is 14.4 Å². The highest BCUT2D eigenvalue weighted by Crippen LogP contribution is 2.27. The maximum Gasteiger partial charge on any atom is 0.408 e. The van der Waals surface area contributed by atoms with Gasteiger partial charge >= 0.3 is 6.09 Å². The first-order valence-corrected chi connectivity index (χ1v) is 9.86. The van der Waals surface area contributed by atoms with Crippen molar-refractivity contribution < 1.29 is 23.4 Å². The predicted molar refractivity (Wildman–Crippen MR) is 112 cm³/mol. The molecule has 3 amide bonds. The molecule has 0 heterocycles. The van der Waals surface area contributed by atoms with Crippen LogP contribution in [0.1, 0.15) is 77.9 Å². The second-order valence-corrected chi connectivity index (χ2v) is 9.44. The topological polar surface area (TPSA) is 96.5 Å². The van der Waals surface area contributed by atoms with E-state index < -0.39 is 29.2 Å². The van der Waals surface area contributed by atoms with Crippen LogP contribution < -0.4 is 16.0 Å². The Morgan fingerprint density at radius 2 is 1.48 bits per heavy atom. The van der Waals surface area contributed by atoms with E-state index in [0.717, 1.165) is 32.1 Å². The van der Waals surface area contributed by atoms with Crippen LogP contribution in [0.2, 0.25) is 0 Å². The van der Waals surface area contributed by atoms with Gasteiger partial charge in [-0.1, -0.05) is 40.0 Å². The normalized spacial score (nSPS) is 18.2. The molecule has 27 heavy (non-hydrogen) atoms. The number of carbonyl (C=O) groups excluding carboxylic acids is 3. The number of amides is 3. The van der Waals surface area contributed by atoms with Gasteiger partial charge in [-0.15, -0.1) is 0 Å². The second-order valence-electron chi connectivity index (χ2n) is 9.44. The molecule has 1 aliphatic rings. The molecule has 1 fully saturated rings. The average Bonchev–Trinajstić information content (AvgIpc) is 2.55. The predicted octanol–water partition coefficient (Wildman–Crippen LogP) is 3.47. The lowest BCUT2D eigenvalue weighted by atomic mass is 9.82. The fourth-order valence-electron chi connectivity index (χ4n) is 3.36. The van der Waals surface area contributed by atoms with Gasteiger partial charge in [0.25, 0.3) is 0 Å². The van der Waals surface area contributed by atoms with Gasteiger partial charge in [0.1, 0.15) is 17.7 Å². The van der Waals surface area contributed by atoms with Gasteiger partial charge in [-0.25, -0.2) is 4.79 Å². The lowest BCUT2D eigenvalue weighted by molar-refractivity contribution is -0.132. The minimum absolute atomic E-state index is 0. The lowest BCUT2D eigenvalue weighted by Crippen LogP contribution is -2.59. The van der Waals surface area contributed by atoms with Crippen molar-refractivity contribution in [2.75, 3.05) is 7.05 Å². The minimum Gasteiger partial charge on any atom is -0.444 e. The lowest BCUT2D eigenvalue weighted by Gasteiger charge is -2.35. The second kappa shape index (κ2) is 9.42. The number of ether oxygens (including phenoxy) is 1. The van der Waals surface area contributed by atoms with Crippen molar-refractivity contribution in [1.82, 2.24) is 16.0 Å². The summed E-state index contributed by atoms with van der Waals surface area (Å²) in [5.41, 5.74) is -1.20. The number of hydrogen-bond acceptors (Lipinski definition) is 4. The van der Waals surface area contributed by atoms with Crippen molar-refractivity contribution in [2.24, 2.45) is 11.3 Å². The molecule has 7 nitrogen and oxygen atoms in total. The molecule has 7 heteroatoms. The first kappa shape index (κ1) is 23.2. The van der Waals surface area contributed by atoms with Crippen LogP contribution in [0.5, 0.6) is 0 Å². The Kier molecular flexibility index (Phi) is 8.11. The summed E-state index contributed by atoms with van der Waals surface area (Å²) in [6.45, 7) is 10.9. The molecule has 0 spiro atoms. The molecule has 162 valence electrons. The minimum atomic E-state index is -0.817. The Labute approximate surface area is 167 Å². The van der Waals surface area contributed by atoms with Crippen LogP contribution in [0.15, 0.2) is 0 Å². The first-order valence-electron chi connectivity index (χ1n) is 9.86. The zero-order valence-corrected chi connectivity index (χ0v) is 17.9. The van der Waals surface area contributed by atoms with Crippen molar-refractivity contribution >= 4 is 17.9 Å². The number of carbonyl (C=O) groups is 3. The Balaban J connectivity index is -0.00000243. The third-order valence-electron chi connectivity index (χ3n) is 4.74. The Morgan fingerprint density at radius 1 is 0.926 bits per heavy atom. The summed E-state index contributed by atoms with van der Waals surface area (Å²) in [6, 6.07) is -1.41. The van der Waals surface area contributed by atoms with Crippen LogP contribution in [0.25, 0.3) is 0 Å². The molecule has 1 aliphatic carbocycles. The van der Waals surface area contributed by atoms with E-state index >= 15 is 0 Å². The third kappa shape index (κ3) is 7.77. The molecule has 0 bridgehead atoms. The van der Waals surface area contributed by atoms with E-state index in [1.165, 1.54) is 0 Å². The molecule has 2 atom stereocenters. The highest BCUT2D eigenvalue weighted by Gasteiger charge is 2.38. The standard InChI is InChI=1S/C20H37N3O4.3H2/c1-19(2,3)15(23-18(26)27-20(4,5)6)17(25)22-14(16(24)21-7)13-11-9-8-10-12-13;;;/h13-15H,8-12H2,1-7H3,(H,21,24)(H,22,25)(H,23,26);3*1H/t14-,15+;;;/m0.../s1.